The van der Waals surface area contributed by atoms with Crippen LogP contribution in [0.3, 0.4) is 0 Å². The van der Waals surface area contributed by atoms with Crippen molar-refractivity contribution in [2.24, 2.45) is 0 Å². The fourth-order valence-corrected chi connectivity index (χ4v) is 5.60. The van der Waals surface area contributed by atoms with Gasteiger partial charge in [-0.25, -0.2) is 13.4 Å². The first-order chi connectivity index (χ1) is 14.8. The molecule has 1 fully saturated rings. The number of benzene rings is 2. The van der Waals surface area contributed by atoms with Crippen molar-refractivity contribution in [3.05, 3.63) is 48.0 Å². The fraction of sp³-hybridized carbons (Fsp3) is 0.364. The van der Waals surface area contributed by atoms with Gasteiger partial charge in [0.25, 0.3) is 5.91 Å². The molecule has 0 atom stereocenters. The van der Waals surface area contributed by atoms with Crippen molar-refractivity contribution in [1.82, 2.24) is 9.88 Å². The minimum atomic E-state index is -3.34. The van der Waals surface area contributed by atoms with Crippen LogP contribution in [0, 0.1) is 0 Å². The SMILES string of the molecule is COc1ccc2nc(N3CCN(C(=O)c4ccc(S(=O)(=O)C(C)C)cc4)CC3)sc2c1. The Bertz CT molecular complexity index is 1200. The summed E-state index contributed by atoms with van der Waals surface area (Å²) in [6.07, 6.45) is 0. The smallest absolute Gasteiger partial charge is 0.253 e. The lowest BCUT2D eigenvalue weighted by molar-refractivity contribution is 0.0746. The number of amides is 1. The number of thiazole rings is 1. The summed E-state index contributed by atoms with van der Waals surface area (Å²) >= 11 is 1.62. The van der Waals surface area contributed by atoms with Gasteiger partial charge in [0.1, 0.15) is 5.75 Å². The van der Waals surface area contributed by atoms with E-state index in [1.54, 1.807) is 49.3 Å². The number of aromatic nitrogens is 1. The second kappa shape index (κ2) is 8.47. The molecule has 1 aliphatic rings. The molecule has 0 saturated carbocycles. The summed E-state index contributed by atoms with van der Waals surface area (Å²) in [6, 6.07) is 12.1. The predicted molar refractivity (Wildman–Crippen MR) is 123 cm³/mol. The standard InChI is InChI=1S/C22H25N3O4S2/c1-15(2)31(27,28)18-7-4-16(5-8-18)21(26)24-10-12-25(13-11-24)22-23-19-9-6-17(29-3)14-20(19)30-22/h4-9,14-15H,10-13H2,1-3H3. The number of piperazine rings is 1. The van der Waals surface area contributed by atoms with Gasteiger partial charge in [-0.3, -0.25) is 4.79 Å². The van der Waals surface area contributed by atoms with Crippen LogP contribution < -0.4 is 9.64 Å². The molecular weight excluding hydrogens is 434 g/mol. The maximum atomic E-state index is 12.9. The Kier molecular flexibility index (Phi) is 5.90. The van der Waals surface area contributed by atoms with Crippen molar-refractivity contribution in [2.45, 2.75) is 24.0 Å². The second-order valence-electron chi connectivity index (χ2n) is 7.73. The first-order valence-electron chi connectivity index (χ1n) is 10.1. The minimum absolute atomic E-state index is 0.0813. The van der Waals surface area contributed by atoms with E-state index in [4.69, 9.17) is 9.72 Å². The number of carbonyl (C=O) groups is 1. The summed E-state index contributed by atoms with van der Waals surface area (Å²) in [5, 5.41) is 0.448. The van der Waals surface area contributed by atoms with E-state index in [1.165, 1.54) is 12.1 Å². The molecule has 1 amide bonds. The molecular formula is C22H25N3O4S2. The van der Waals surface area contributed by atoms with Gasteiger partial charge in [-0.05, 0) is 56.3 Å². The highest BCUT2D eigenvalue weighted by Crippen LogP contribution is 2.32. The number of fused-ring (bicyclic) bond motifs is 1. The van der Waals surface area contributed by atoms with Gasteiger partial charge in [0.05, 0.1) is 27.5 Å². The number of carbonyl (C=O) groups excluding carboxylic acids is 1. The van der Waals surface area contributed by atoms with Crippen LogP contribution in [0.25, 0.3) is 10.2 Å². The van der Waals surface area contributed by atoms with Gasteiger partial charge in [0.2, 0.25) is 0 Å². The Morgan fingerprint density at radius 3 is 2.35 bits per heavy atom. The number of rotatable bonds is 5. The number of sulfone groups is 1. The maximum absolute atomic E-state index is 12.9. The van der Waals surface area contributed by atoms with E-state index in [0.717, 1.165) is 21.1 Å². The van der Waals surface area contributed by atoms with Crippen LogP contribution in [0.4, 0.5) is 5.13 Å². The molecule has 1 saturated heterocycles. The highest BCUT2D eigenvalue weighted by Gasteiger charge is 2.25. The number of methoxy groups -OCH3 is 1. The third-order valence-electron chi connectivity index (χ3n) is 5.47. The fourth-order valence-electron chi connectivity index (χ4n) is 3.50. The number of nitrogens with zero attached hydrogens (tertiary/aromatic N) is 3. The zero-order chi connectivity index (χ0) is 22.2. The molecule has 9 heteroatoms. The molecule has 31 heavy (non-hydrogen) atoms. The third kappa shape index (κ3) is 4.24. The first-order valence-corrected chi connectivity index (χ1v) is 12.5. The minimum Gasteiger partial charge on any atom is -0.497 e. The molecule has 0 bridgehead atoms. The second-order valence-corrected chi connectivity index (χ2v) is 11.2. The van der Waals surface area contributed by atoms with Crippen LogP contribution in [0.5, 0.6) is 5.75 Å². The van der Waals surface area contributed by atoms with E-state index in [1.807, 2.05) is 18.2 Å². The van der Waals surface area contributed by atoms with Crippen molar-refractivity contribution in [3.63, 3.8) is 0 Å². The summed E-state index contributed by atoms with van der Waals surface area (Å²) in [4.78, 5) is 21.8. The van der Waals surface area contributed by atoms with Gasteiger partial charge in [-0.1, -0.05) is 11.3 Å². The van der Waals surface area contributed by atoms with Gasteiger partial charge >= 0.3 is 0 Å². The van der Waals surface area contributed by atoms with E-state index in [-0.39, 0.29) is 10.8 Å². The van der Waals surface area contributed by atoms with Gasteiger partial charge < -0.3 is 14.5 Å². The van der Waals surface area contributed by atoms with E-state index in [2.05, 4.69) is 4.90 Å². The lowest BCUT2D eigenvalue weighted by atomic mass is 10.2. The highest BCUT2D eigenvalue weighted by atomic mass is 32.2. The van der Waals surface area contributed by atoms with Crippen LogP contribution in [-0.4, -0.2) is 62.7 Å². The molecule has 4 rings (SSSR count). The van der Waals surface area contributed by atoms with Gasteiger partial charge in [0, 0.05) is 31.7 Å². The van der Waals surface area contributed by atoms with Gasteiger partial charge in [0.15, 0.2) is 15.0 Å². The van der Waals surface area contributed by atoms with E-state index in [9.17, 15) is 13.2 Å². The monoisotopic (exact) mass is 459 g/mol. The van der Waals surface area contributed by atoms with Crippen LogP contribution >= 0.6 is 11.3 Å². The Labute approximate surface area is 186 Å². The summed E-state index contributed by atoms with van der Waals surface area (Å²) < 4.78 is 30.9. The molecule has 0 spiro atoms. The van der Waals surface area contributed by atoms with Crippen molar-refractivity contribution >= 4 is 42.4 Å². The Morgan fingerprint density at radius 2 is 1.74 bits per heavy atom. The zero-order valence-electron chi connectivity index (χ0n) is 17.7. The quantitative estimate of drug-likeness (QED) is 0.581. The largest absolute Gasteiger partial charge is 0.497 e. The lowest BCUT2D eigenvalue weighted by Crippen LogP contribution is -2.48. The Balaban J connectivity index is 1.42. The average molecular weight is 460 g/mol. The number of hydrogen-bond donors (Lipinski definition) is 0. The molecule has 0 unspecified atom stereocenters. The molecule has 1 aromatic heterocycles. The normalized spacial score (nSPS) is 15.0. The van der Waals surface area contributed by atoms with Gasteiger partial charge in [-0.15, -0.1) is 0 Å². The zero-order valence-corrected chi connectivity index (χ0v) is 19.4. The summed E-state index contributed by atoms with van der Waals surface area (Å²) in [6.45, 7) is 5.87. The van der Waals surface area contributed by atoms with Crippen molar-refractivity contribution in [1.29, 1.82) is 0 Å². The average Bonchev–Trinajstić information content (AvgIpc) is 3.22. The number of ether oxygens (including phenoxy) is 1. The van der Waals surface area contributed by atoms with Crippen LogP contribution in [0.1, 0.15) is 24.2 Å². The third-order valence-corrected chi connectivity index (χ3v) is 8.72. The summed E-state index contributed by atoms with van der Waals surface area (Å²) in [7, 11) is -1.69. The van der Waals surface area contributed by atoms with Crippen molar-refractivity contribution in [2.75, 3.05) is 38.2 Å². The molecule has 164 valence electrons. The summed E-state index contributed by atoms with van der Waals surface area (Å²) in [5.41, 5.74) is 1.44. The molecule has 0 aliphatic carbocycles. The first kappa shape index (κ1) is 21.6. The number of anilines is 1. The van der Waals surface area contributed by atoms with Crippen LogP contribution in [0.2, 0.25) is 0 Å². The van der Waals surface area contributed by atoms with Gasteiger partial charge in [-0.2, -0.15) is 0 Å². The Hall–Kier alpha value is -2.65. The van der Waals surface area contributed by atoms with Crippen molar-refractivity contribution in [3.8, 4) is 5.75 Å². The molecule has 7 nitrogen and oxygen atoms in total. The number of hydrogen-bond acceptors (Lipinski definition) is 7. The van der Waals surface area contributed by atoms with Crippen molar-refractivity contribution < 1.29 is 17.9 Å². The van der Waals surface area contributed by atoms with E-state index in [0.29, 0.717) is 31.7 Å². The topological polar surface area (TPSA) is 79.8 Å². The Morgan fingerprint density at radius 1 is 1.06 bits per heavy atom. The molecule has 1 aliphatic heterocycles. The molecule has 2 heterocycles. The molecule has 3 aromatic rings. The lowest BCUT2D eigenvalue weighted by Gasteiger charge is -2.34. The highest BCUT2D eigenvalue weighted by molar-refractivity contribution is 7.92. The van der Waals surface area contributed by atoms with E-state index < -0.39 is 15.1 Å². The van der Waals surface area contributed by atoms with E-state index >= 15 is 0 Å². The molecule has 0 N–H and O–H groups in total. The van der Waals surface area contributed by atoms with Crippen LogP contribution in [0.15, 0.2) is 47.4 Å². The maximum Gasteiger partial charge on any atom is 0.253 e. The molecule has 0 radical (unpaired) electrons. The predicted octanol–water partition coefficient (Wildman–Crippen LogP) is 3.45. The van der Waals surface area contributed by atoms with Crippen LogP contribution in [-0.2, 0) is 9.84 Å². The molecule has 2 aromatic carbocycles. The summed E-state index contributed by atoms with van der Waals surface area (Å²) in [5.74, 6) is 0.729.